The highest BCUT2D eigenvalue weighted by Gasteiger charge is 2.18. The number of hydrogen-bond donors (Lipinski definition) is 0. The van der Waals surface area contributed by atoms with E-state index in [0.29, 0.717) is 6.10 Å². The molecule has 1 aliphatic rings. The molecule has 0 N–H and O–H groups in total. The topological polar surface area (TPSA) is 18.5 Å². The molecule has 1 heterocycles. The van der Waals surface area contributed by atoms with Crippen LogP contribution in [0.1, 0.15) is 33.6 Å². The van der Waals surface area contributed by atoms with Crippen molar-refractivity contribution in [2.24, 2.45) is 0 Å². The molecule has 0 spiro atoms. The lowest BCUT2D eigenvalue weighted by molar-refractivity contribution is -0.0551. The molecule has 2 heteroatoms. The summed E-state index contributed by atoms with van der Waals surface area (Å²) in [6.45, 7) is 7.88. The lowest BCUT2D eigenvalue weighted by Crippen LogP contribution is -2.25. The zero-order valence-corrected chi connectivity index (χ0v) is 7.72. The molecule has 0 aromatic rings. The fraction of sp³-hybridized carbons (Fsp3) is 1.00. The van der Waals surface area contributed by atoms with Crippen molar-refractivity contribution in [3.63, 3.8) is 0 Å². The van der Waals surface area contributed by atoms with Gasteiger partial charge in [0.05, 0.1) is 18.3 Å². The normalized spacial score (nSPS) is 25.9. The summed E-state index contributed by atoms with van der Waals surface area (Å²) < 4.78 is 11.0. The van der Waals surface area contributed by atoms with Crippen LogP contribution in [-0.4, -0.2) is 24.9 Å². The summed E-state index contributed by atoms with van der Waals surface area (Å²) in [6, 6.07) is 0. The first-order chi connectivity index (χ1) is 5.08. The first-order valence-corrected chi connectivity index (χ1v) is 4.33. The third-order valence-corrected chi connectivity index (χ3v) is 1.73. The Morgan fingerprint density at radius 1 is 1.45 bits per heavy atom. The highest BCUT2D eigenvalue weighted by atomic mass is 16.5. The van der Waals surface area contributed by atoms with Crippen molar-refractivity contribution in [1.29, 1.82) is 0 Å². The standard InChI is InChI=1S/C9H18O2/c1-9(2,3)11-7-8-5-4-6-10-8/h8H,4-7H2,1-3H3. The van der Waals surface area contributed by atoms with Crippen molar-refractivity contribution in [2.75, 3.05) is 13.2 Å². The van der Waals surface area contributed by atoms with Crippen LogP contribution in [0.4, 0.5) is 0 Å². The lowest BCUT2D eigenvalue weighted by atomic mass is 10.2. The van der Waals surface area contributed by atoms with Gasteiger partial charge in [0.2, 0.25) is 0 Å². The molecule has 66 valence electrons. The van der Waals surface area contributed by atoms with Crippen molar-refractivity contribution in [1.82, 2.24) is 0 Å². The van der Waals surface area contributed by atoms with E-state index in [4.69, 9.17) is 9.47 Å². The minimum atomic E-state index is -0.0219. The Balaban J connectivity index is 2.11. The second kappa shape index (κ2) is 3.55. The van der Waals surface area contributed by atoms with E-state index in [2.05, 4.69) is 20.8 Å². The largest absolute Gasteiger partial charge is 0.376 e. The maximum atomic E-state index is 5.59. The lowest BCUT2D eigenvalue weighted by Gasteiger charge is -2.21. The van der Waals surface area contributed by atoms with Crippen LogP contribution in [0.2, 0.25) is 0 Å². The number of hydrogen-bond acceptors (Lipinski definition) is 2. The number of rotatable bonds is 2. The smallest absolute Gasteiger partial charge is 0.0809 e. The van der Waals surface area contributed by atoms with Gasteiger partial charge in [-0.05, 0) is 33.6 Å². The van der Waals surface area contributed by atoms with Gasteiger partial charge in [0, 0.05) is 6.61 Å². The fourth-order valence-electron chi connectivity index (χ4n) is 1.12. The summed E-state index contributed by atoms with van der Waals surface area (Å²) in [5.41, 5.74) is -0.0219. The van der Waals surface area contributed by atoms with Gasteiger partial charge in [-0.25, -0.2) is 0 Å². The molecule has 0 amide bonds. The molecule has 11 heavy (non-hydrogen) atoms. The summed E-state index contributed by atoms with van der Waals surface area (Å²) in [6.07, 6.45) is 2.71. The molecule has 0 bridgehead atoms. The van der Waals surface area contributed by atoms with Gasteiger partial charge in [-0.1, -0.05) is 0 Å². The van der Waals surface area contributed by atoms with Gasteiger partial charge in [-0.2, -0.15) is 0 Å². The zero-order chi connectivity index (χ0) is 8.32. The Kier molecular flexibility index (Phi) is 2.90. The Labute approximate surface area is 68.9 Å². The minimum absolute atomic E-state index is 0.0219. The van der Waals surface area contributed by atoms with E-state index in [-0.39, 0.29) is 5.60 Å². The van der Waals surface area contributed by atoms with Crippen molar-refractivity contribution < 1.29 is 9.47 Å². The van der Waals surface area contributed by atoms with Gasteiger partial charge < -0.3 is 9.47 Å². The van der Waals surface area contributed by atoms with Crippen molar-refractivity contribution >= 4 is 0 Å². The van der Waals surface area contributed by atoms with Crippen molar-refractivity contribution in [3.8, 4) is 0 Å². The molecule has 2 nitrogen and oxygen atoms in total. The van der Waals surface area contributed by atoms with Crippen LogP contribution < -0.4 is 0 Å². The fourth-order valence-corrected chi connectivity index (χ4v) is 1.12. The number of ether oxygens (including phenoxy) is 2. The molecule has 1 aliphatic heterocycles. The molecule has 1 fully saturated rings. The molecule has 0 aromatic carbocycles. The second-order valence-corrected chi connectivity index (χ2v) is 4.06. The predicted molar refractivity (Wildman–Crippen MR) is 44.7 cm³/mol. The highest BCUT2D eigenvalue weighted by molar-refractivity contribution is 4.66. The summed E-state index contributed by atoms with van der Waals surface area (Å²) in [5, 5.41) is 0. The van der Waals surface area contributed by atoms with Gasteiger partial charge in [0.15, 0.2) is 0 Å². The second-order valence-electron chi connectivity index (χ2n) is 4.06. The van der Waals surface area contributed by atoms with E-state index in [1.165, 1.54) is 6.42 Å². The molecule has 0 aliphatic carbocycles. The van der Waals surface area contributed by atoms with E-state index in [1.807, 2.05) is 0 Å². The summed E-state index contributed by atoms with van der Waals surface area (Å²) in [4.78, 5) is 0. The zero-order valence-electron chi connectivity index (χ0n) is 7.72. The quantitative estimate of drug-likeness (QED) is 0.611. The molecule has 1 atom stereocenters. The molecule has 1 unspecified atom stereocenters. The maximum Gasteiger partial charge on any atom is 0.0809 e. The summed E-state index contributed by atoms with van der Waals surface area (Å²) in [5.74, 6) is 0. The maximum absolute atomic E-state index is 5.59. The van der Waals surface area contributed by atoms with E-state index in [9.17, 15) is 0 Å². The van der Waals surface area contributed by atoms with Gasteiger partial charge in [0.1, 0.15) is 0 Å². The van der Waals surface area contributed by atoms with E-state index >= 15 is 0 Å². The van der Waals surface area contributed by atoms with Crippen LogP contribution in [0.5, 0.6) is 0 Å². The first-order valence-electron chi connectivity index (χ1n) is 4.33. The molecule has 1 rings (SSSR count). The molecule has 0 aromatic heterocycles. The summed E-state index contributed by atoms with van der Waals surface area (Å²) in [7, 11) is 0. The van der Waals surface area contributed by atoms with Gasteiger partial charge >= 0.3 is 0 Å². The van der Waals surface area contributed by atoms with Crippen LogP contribution in [0, 0.1) is 0 Å². The predicted octanol–water partition coefficient (Wildman–Crippen LogP) is 1.98. The van der Waals surface area contributed by atoms with Gasteiger partial charge in [0.25, 0.3) is 0 Å². The van der Waals surface area contributed by atoms with Gasteiger partial charge in [-0.3, -0.25) is 0 Å². The van der Waals surface area contributed by atoms with Crippen LogP contribution in [0.15, 0.2) is 0 Å². The monoisotopic (exact) mass is 158 g/mol. The molecule has 0 saturated carbocycles. The molecule has 1 saturated heterocycles. The van der Waals surface area contributed by atoms with Crippen molar-refractivity contribution in [2.45, 2.75) is 45.3 Å². The molecular weight excluding hydrogens is 140 g/mol. The molecule has 0 radical (unpaired) electrons. The van der Waals surface area contributed by atoms with E-state index in [0.717, 1.165) is 19.6 Å². The summed E-state index contributed by atoms with van der Waals surface area (Å²) >= 11 is 0. The van der Waals surface area contributed by atoms with Crippen LogP contribution in [-0.2, 0) is 9.47 Å². The Bertz CT molecular complexity index is 109. The van der Waals surface area contributed by atoms with E-state index in [1.54, 1.807) is 0 Å². The Hall–Kier alpha value is -0.0800. The van der Waals surface area contributed by atoms with Crippen LogP contribution >= 0.6 is 0 Å². The van der Waals surface area contributed by atoms with Crippen LogP contribution in [0.25, 0.3) is 0 Å². The average Bonchev–Trinajstić information content (AvgIpc) is 2.32. The minimum Gasteiger partial charge on any atom is -0.376 e. The van der Waals surface area contributed by atoms with Crippen molar-refractivity contribution in [3.05, 3.63) is 0 Å². The average molecular weight is 158 g/mol. The van der Waals surface area contributed by atoms with Gasteiger partial charge in [-0.15, -0.1) is 0 Å². The Morgan fingerprint density at radius 2 is 2.18 bits per heavy atom. The third-order valence-electron chi connectivity index (χ3n) is 1.73. The Morgan fingerprint density at radius 3 is 2.64 bits per heavy atom. The first kappa shape index (κ1) is 9.01. The van der Waals surface area contributed by atoms with E-state index < -0.39 is 0 Å². The van der Waals surface area contributed by atoms with Crippen LogP contribution in [0.3, 0.4) is 0 Å². The highest BCUT2D eigenvalue weighted by Crippen LogP contribution is 2.15. The SMILES string of the molecule is CC(C)(C)OCC1CCCO1. The molecular formula is C9H18O2. The third kappa shape index (κ3) is 3.73.